The molecule has 0 aromatic heterocycles. The number of hydrogen-bond acceptors (Lipinski definition) is 1. The molecule has 0 heterocycles. The summed E-state index contributed by atoms with van der Waals surface area (Å²) < 4.78 is 0. The third-order valence-electron chi connectivity index (χ3n) is 12.9. The Kier molecular flexibility index (Phi) is 5.60. The highest BCUT2D eigenvalue weighted by Crippen LogP contribution is 2.67. The first kappa shape index (κ1) is 25.1. The minimum absolute atomic E-state index is 0.114. The summed E-state index contributed by atoms with van der Waals surface area (Å²) in [5.74, 6) is 3.11. The summed E-state index contributed by atoms with van der Waals surface area (Å²) in [5, 5.41) is 18.7. The molecular formula is C39H44O. The van der Waals surface area contributed by atoms with E-state index in [2.05, 4.69) is 74.5 Å². The Morgan fingerprint density at radius 1 is 0.850 bits per heavy atom. The van der Waals surface area contributed by atoms with Gasteiger partial charge >= 0.3 is 0 Å². The second-order valence-electron chi connectivity index (χ2n) is 14.6. The van der Waals surface area contributed by atoms with Crippen molar-refractivity contribution in [1.29, 1.82) is 0 Å². The van der Waals surface area contributed by atoms with Crippen molar-refractivity contribution in [2.75, 3.05) is 0 Å². The highest BCUT2D eigenvalue weighted by atomic mass is 16.3. The highest BCUT2D eigenvalue weighted by Gasteiger charge is 2.58. The van der Waals surface area contributed by atoms with Crippen molar-refractivity contribution < 1.29 is 5.11 Å². The molecule has 0 radical (unpaired) electrons. The van der Waals surface area contributed by atoms with Gasteiger partial charge in [-0.1, -0.05) is 92.2 Å². The number of rotatable bonds is 4. The van der Waals surface area contributed by atoms with Crippen LogP contribution in [0.3, 0.4) is 0 Å². The van der Waals surface area contributed by atoms with Crippen LogP contribution in [0.15, 0.2) is 78.4 Å². The van der Waals surface area contributed by atoms with Gasteiger partial charge in [-0.05, 0) is 137 Å². The van der Waals surface area contributed by atoms with E-state index >= 15 is 0 Å². The average Bonchev–Trinajstić information content (AvgIpc) is 3.32. The summed E-state index contributed by atoms with van der Waals surface area (Å²) in [7, 11) is 0. The van der Waals surface area contributed by atoms with Gasteiger partial charge in [0.15, 0.2) is 0 Å². The normalized spacial score (nSPS) is 35.5. The summed E-state index contributed by atoms with van der Waals surface area (Å²) in [6.45, 7) is 9.99. The first-order chi connectivity index (χ1) is 19.4. The largest absolute Gasteiger partial charge is 0.393 e. The van der Waals surface area contributed by atoms with Crippen molar-refractivity contribution in [2.45, 2.75) is 84.2 Å². The van der Waals surface area contributed by atoms with Crippen LogP contribution in [0.1, 0.15) is 77.2 Å². The molecule has 0 aliphatic heterocycles. The maximum absolute atomic E-state index is 10.4. The number of aliphatic hydroxyl groups excluding tert-OH is 1. The van der Waals surface area contributed by atoms with Gasteiger partial charge in [0.25, 0.3) is 0 Å². The molecule has 0 saturated heterocycles. The fourth-order valence-corrected chi connectivity index (χ4v) is 10.8. The number of benzene rings is 4. The van der Waals surface area contributed by atoms with Crippen LogP contribution in [0.2, 0.25) is 0 Å². The molecule has 0 spiro atoms. The Balaban J connectivity index is 1.04. The van der Waals surface area contributed by atoms with Crippen molar-refractivity contribution in [2.24, 2.45) is 34.5 Å². The molecule has 1 heteroatoms. The van der Waals surface area contributed by atoms with Gasteiger partial charge in [-0.25, -0.2) is 0 Å². The van der Waals surface area contributed by atoms with E-state index in [0.717, 1.165) is 43.4 Å². The average molecular weight is 529 g/mol. The van der Waals surface area contributed by atoms with Gasteiger partial charge < -0.3 is 5.11 Å². The van der Waals surface area contributed by atoms with E-state index in [1.54, 1.807) is 5.57 Å². The first-order valence-corrected chi connectivity index (χ1v) is 16.1. The fraction of sp³-hybridized carbons (Fsp3) is 0.487. The third kappa shape index (κ3) is 3.49. The lowest BCUT2D eigenvalue weighted by molar-refractivity contribution is -0.0456. The molecule has 40 heavy (non-hydrogen) atoms. The summed E-state index contributed by atoms with van der Waals surface area (Å²) in [6, 6.07) is 20.7. The molecule has 3 saturated carbocycles. The molecule has 0 bridgehead atoms. The van der Waals surface area contributed by atoms with Gasteiger partial charge in [0.1, 0.15) is 0 Å². The minimum atomic E-state index is -0.114. The molecular weight excluding hydrogens is 484 g/mol. The van der Waals surface area contributed by atoms with Crippen molar-refractivity contribution in [1.82, 2.24) is 0 Å². The Morgan fingerprint density at radius 2 is 1.60 bits per heavy atom. The molecule has 4 aliphatic carbocycles. The van der Waals surface area contributed by atoms with Crippen LogP contribution in [0.4, 0.5) is 0 Å². The smallest absolute Gasteiger partial charge is 0.0577 e. The summed E-state index contributed by atoms with van der Waals surface area (Å²) in [4.78, 5) is 0. The summed E-state index contributed by atoms with van der Waals surface area (Å²) in [5.41, 5.74) is 5.30. The molecule has 4 aromatic carbocycles. The molecule has 0 amide bonds. The van der Waals surface area contributed by atoms with Crippen LogP contribution < -0.4 is 0 Å². The zero-order valence-corrected chi connectivity index (χ0v) is 24.4. The van der Waals surface area contributed by atoms with Crippen molar-refractivity contribution in [3.8, 4) is 0 Å². The van der Waals surface area contributed by atoms with E-state index < -0.39 is 0 Å². The van der Waals surface area contributed by atoms with E-state index in [-0.39, 0.29) is 6.10 Å². The lowest BCUT2D eigenvalue weighted by atomic mass is 9.47. The standard InChI is InChI=1S/C39H44O/c1-24(7-8-25-9-10-28-12-11-26-5-4-6-27-13-15-31(25)37(28)36(26)27)33-17-18-34-32-16-14-29-23-30(40)19-21-38(29,2)35(32)20-22-39(33,34)3/h4-6,9-15,30,32-35,40H,1,7-8,16-23H2,2-3H3/t30-,32-,33+,34-,35-,38-,39+/m0/s1. The van der Waals surface area contributed by atoms with Gasteiger partial charge in [-0.3, -0.25) is 0 Å². The van der Waals surface area contributed by atoms with Crippen LogP contribution in [-0.2, 0) is 6.42 Å². The molecule has 3 fully saturated rings. The van der Waals surface area contributed by atoms with E-state index in [1.807, 2.05) is 0 Å². The minimum Gasteiger partial charge on any atom is -0.393 e. The van der Waals surface area contributed by atoms with Crippen LogP contribution in [0, 0.1) is 34.5 Å². The summed E-state index contributed by atoms with van der Waals surface area (Å²) >= 11 is 0. The van der Waals surface area contributed by atoms with E-state index in [4.69, 9.17) is 6.58 Å². The Hall–Kier alpha value is -2.64. The zero-order chi connectivity index (χ0) is 27.2. The van der Waals surface area contributed by atoms with E-state index in [9.17, 15) is 5.11 Å². The Bertz CT molecular complexity index is 1640. The van der Waals surface area contributed by atoms with Gasteiger partial charge in [-0.2, -0.15) is 0 Å². The molecule has 8 rings (SSSR count). The van der Waals surface area contributed by atoms with Gasteiger partial charge in [0.05, 0.1) is 6.10 Å². The van der Waals surface area contributed by atoms with Gasteiger partial charge in [0.2, 0.25) is 0 Å². The molecule has 206 valence electrons. The van der Waals surface area contributed by atoms with E-state index in [0.29, 0.717) is 16.7 Å². The van der Waals surface area contributed by atoms with Crippen LogP contribution in [-0.4, -0.2) is 11.2 Å². The van der Waals surface area contributed by atoms with E-state index in [1.165, 1.54) is 82.0 Å². The molecule has 0 unspecified atom stereocenters. The highest BCUT2D eigenvalue weighted by molar-refractivity contribution is 6.23. The number of aliphatic hydroxyl groups is 1. The van der Waals surface area contributed by atoms with Crippen molar-refractivity contribution >= 4 is 32.3 Å². The predicted octanol–water partition coefficient (Wildman–Crippen LogP) is 10.0. The maximum Gasteiger partial charge on any atom is 0.0577 e. The predicted molar refractivity (Wildman–Crippen MR) is 169 cm³/mol. The number of hydrogen-bond donors (Lipinski definition) is 1. The van der Waals surface area contributed by atoms with Crippen molar-refractivity contribution in [3.05, 3.63) is 84.0 Å². The topological polar surface area (TPSA) is 20.2 Å². The van der Waals surface area contributed by atoms with Gasteiger partial charge in [0, 0.05) is 0 Å². The summed E-state index contributed by atoms with van der Waals surface area (Å²) in [6.07, 6.45) is 14.4. The molecule has 1 nitrogen and oxygen atoms in total. The second-order valence-corrected chi connectivity index (χ2v) is 14.6. The lowest BCUT2D eigenvalue weighted by Gasteiger charge is -2.58. The SMILES string of the molecule is C=C(CCc1ccc2ccc3cccc4ccc1c2c34)[C@H]1CC[C@H]2[C@@H]3CC=C4C[C@@H](O)CC[C@]4(C)[C@H]3CC[C@]12C. The van der Waals surface area contributed by atoms with Crippen molar-refractivity contribution in [3.63, 3.8) is 0 Å². The monoisotopic (exact) mass is 528 g/mol. The number of aryl methyl sites for hydroxylation is 1. The molecule has 1 N–H and O–H groups in total. The van der Waals surface area contributed by atoms with Crippen LogP contribution in [0.25, 0.3) is 32.3 Å². The Morgan fingerprint density at radius 3 is 2.42 bits per heavy atom. The first-order valence-electron chi connectivity index (χ1n) is 16.1. The fourth-order valence-electron chi connectivity index (χ4n) is 10.8. The number of fused-ring (bicyclic) bond motifs is 5. The van der Waals surface area contributed by atoms with Crippen LogP contribution in [0.5, 0.6) is 0 Å². The van der Waals surface area contributed by atoms with Crippen LogP contribution >= 0.6 is 0 Å². The number of allylic oxidation sites excluding steroid dienone is 2. The quantitative estimate of drug-likeness (QED) is 0.206. The molecule has 4 aliphatic rings. The lowest BCUT2D eigenvalue weighted by Crippen LogP contribution is -2.50. The third-order valence-corrected chi connectivity index (χ3v) is 12.9. The molecule has 7 atom stereocenters. The zero-order valence-electron chi connectivity index (χ0n) is 24.4. The maximum atomic E-state index is 10.4. The second kappa shape index (κ2) is 8.93. The molecule has 4 aromatic rings. The Labute approximate surface area is 239 Å². The van der Waals surface area contributed by atoms with Gasteiger partial charge in [-0.15, -0.1) is 0 Å².